The summed E-state index contributed by atoms with van der Waals surface area (Å²) in [6.45, 7) is 4.94. The number of nitrogens with zero attached hydrogens (tertiary/aromatic N) is 5. The molecule has 0 aliphatic heterocycles. The predicted molar refractivity (Wildman–Crippen MR) is 94.1 cm³/mol. The van der Waals surface area contributed by atoms with Crippen molar-refractivity contribution in [1.82, 2.24) is 24.0 Å². The third-order valence-electron chi connectivity index (χ3n) is 3.98. The number of pyridine rings is 1. The molecule has 0 fully saturated rings. The van der Waals surface area contributed by atoms with Crippen molar-refractivity contribution in [2.75, 3.05) is 18.4 Å². The molecule has 3 N–H and O–H groups in total. The molecular weight excluding hydrogens is 321 g/mol. The highest BCUT2D eigenvalue weighted by Crippen LogP contribution is 2.24. The molecule has 4 aromatic rings. The third-order valence-corrected chi connectivity index (χ3v) is 3.98. The van der Waals surface area contributed by atoms with Crippen molar-refractivity contribution in [3.63, 3.8) is 0 Å². The smallest absolute Gasteiger partial charge is 0.175 e. The summed E-state index contributed by atoms with van der Waals surface area (Å²) in [4.78, 5) is 8.68. The largest absolute Gasteiger partial charge is 0.368 e. The van der Waals surface area contributed by atoms with Crippen LogP contribution >= 0.6 is 0 Å². The fraction of sp³-hybridized carbons (Fsp3) is 0.235. The second-order valence-electron chi connectivity index (χ2n) is 6.01. The second kappa shape index (κ2) is 5.82. The fourth-order valence-corrected chi connectivity index (χ4v) is 2.87. The number of aromatic nitrogens is 5. The van der Waals surface area contributed by atoms with Crippen molar-refractivity contribution in [3.8, 4) is 11.3 Å². The molecule has 0 radical (unpaired) electrons. The molecular formula is C17H18FN7. The molecule has 25 heavy (non-hydrogen) atoms. The Morgan fingerprint density at radius 1 is 1.12 bits per heavy atom. The molecule has 0 saturated carbocycles. The van der Waals surface area contributed by atoms with E-state index in [9.17, 15) is 4.39 Å². The van der Waals surface area contributed by atoms with Crippen LogP contribution in [0.5, 0.6) is 0 Å². The Hall–Kier alpha value is -3.00. The Morgan fingerprint density at radius 2 is 1.96 bits per heavy atom. The zero-order chi connectivity index (χ0) is 17.6. The number of rotatable bonds is 4. The van der Waals surface area contributed by atoms with Gasteiger partial charge in [0.15, 0.2) is 17.1 Å². The number of imidazole rings is 2. The highest BCUT2D eigenvalue weighted by atomic mass is 19.1. The summed E-state index contributed by atoms with van der Waals surface area (Å²) < 4.78 is 17.9. The van der Waals surface area contributed by atoms with Gasteiger partial charge in [0.1, 0.15) is 5.82 Å². The number of anilines is 1. The zero-order valence-corrected chi connectivity index (χ0v) is 14.0. The molecule has 8 heteroatoms. The van der Waals surface area contributed by atoms with Crippen LogP contribution < -0.4 is 11.1 Å². The minimum Gasteiger partial charge on any atom is -0.368 e. The van der Waals surface area contributed by atoms with Gasteiger partial charge in [0.05, 0.1) is 23.8 Å². The van der Waals surface area contributed by atoms with E-state index in [1.165, 1.54) is 6.07 Å². The van der Waals surface area contributed by atoms with Gasteiger partial charge in [-0.2, -0.15) is 5.10 Å². The molecule has 128 valence electrons. The van der Waals surface area contributed by atoms with E-state index in [1.54, 1.807) is 15.1 Å². The van der Waals surface area contributed by atoms with Gasteiger partial charge in [-0.1, -0.05) is 0 Å². The number of aryl methyl sites for hydroxylation is 2. The van der Waals surface area contributed by atoms with Gasteiger partial charge in [-0.25, -0.2) is 18.9 Å². The summed E-state index contributed by atoms with van der Waals surface area (Å²) in [6, 6.07) is 3.36. The first-order valence-corrected chi connectivity index (χ1v) is 8.01. The van der Waals surface area contributed by atoms with Crippen molar-refractivity contribution in [2.24, 2.45) is 5.73 Å². The van der Waals surface area contributed by atoms with Gasteiger partial charge in [-0.3, -0.25) is 0 Å². The molecule has 7 nitrogen and oxygen atoms in total. The van der Waals surface area contributed by atoms with Gasteiger partial charge in [-0.15, -0.1) is 0 Å². The maximum absolute atomic E-state index is 14.5. The molecule has 4 heterocycles. The van der Waals surface area contributed by atoms with Crippen molar-refractivity contribution in [2.45, 2.75) is 13.8 Å². The van der Waals surface area contributed by atoms with Crippen LogP contribution in [0.15, 0.2) is 30.7 Å². The van der Waals surface area contributed by atoms with E-state index < -0.39 is 5.82 Å². The van der Waals surface area contributed by atoms with Gasteiger partial charge < -0.3 is 15.5 Å². The van der Waals surface area contributed by atoms with Crippen molar-refractivity contribution < 1.29 is 4.39 Å². The molecule has 0 bridgehead atoms. The van der Waals surface area contributed by atoms with Gasteiger partial charge in [-0.05, 0) is 31.5 Å². The summed E-state index contributed by atoms with van der Waals surface area (Å²) in [7, 11) is 0. The summed E-state index contributed by atoms with van der Waals surface area (Å²) in [6.07, 6.45) is 5.41. The number of nitrogens with two attached hydrogens (primary N) is 1. The number of halogens is 1. The monoisotopic (exact) mass is 339 g/mol. The van der Waals surface area contributed by atoms with Crippen molar-refractivity contribution in [3.05, 3.63) is 47.8 Å². The van der Waals surface area contributed by atoms with E-state index in [4.69, 9.17) is 5.73 Å². The van der Waals surface area contributed by atoms with E-state index in [0.717, 1.165) is 16.9 Å². The first-order chi connectivity index (χ1) is 12.0. The highest BCUT2D eigenvalue weighted by molar-refractivity contribution is 5.65. The van der Waals surface area contributed by atoms with Crippen LogP contribution in [0, 0.1) is 19.7 Å². The lowest BCUT2D eigenvalue weighted by Crippen LogP contribution is -2.13. The Morgan fingerprint density at radius 3 is 2.76 bits per heavy atom. The average Bonchev–Trinajstić information content (AvgIpc) is 3.15. The zero-order valence-electron chi connectivity index (χ0n) is 14.0. The molecule has 4 aromatic heterocycles. The summed E-state index contributed by atoms with van der Waals surface area (Å²) in [5.41, 5.74) is 9.76. The Bertz CT molecular complexity index is 1080. The maximum Gasteiger partial charge on any atom is 0.175 e. The molecule has 4 rings (SSSR count). The molecule has 0 aliphatic carbocycles. The van der Waals surface area contributed by atoms with E-state index in [2.05, 4.69) is 20.4 Å². The molecule has 0 unspecified atom stereocenters. The van der Waals surface area contributed by atoms with Crippen LogP contribution in [0.3, 0.4) is 0 Å². The van der Waals surface area contributed by atoms with Crippen molar-refractivity contribution >= 4 is 17.1 Å². The van der Waals surface area contributed by atoms with Gasteiger partial charge >= 0.3 is 0 Å². The fourth-order valence-electron chi connectivity index (χ4n) is 2.87. The van der Waals surface area contributed by atoms with Crippen molar-refractivity contribution in [1.29, 1.82) is 0 Å². The van der Waals surface area contributed by atoms with Gasteiger partial charge in [0.25, 0.3) is 0 Å². The van der Waals surface area contributed by atoms with Crippen LogP contribution in [0.4, 0.5) is 10.2 Å². The molecule has 0 amide bonds. The molecule has 0 spiro atoms. The lowest BCUT2D eigenvalue weighted by Gasteiger charge is -2.05. The Kier molecular flexibility index (Phi) is 3.61. The lowest BCUT2D eigenvalue weighted by molar-refractivity contribution is 0.630. The topological polar surface area (TPSA) is 85.5 Å². The quantitative estimate of drug-likeness (QED) is 0.595. The number of hydrogen-bond acceptors (Lipinski definition) is 5. The van der Waals surface area contributed by atoms with E-state index >= 15 is 0 Å². The lowest BCUT2D eigenvalue weighted by atomic mass is 10.1. The van der Waals surface area contributed by atoms with Crippen LogP contribution in [-0.4, -0.2) is 37.1 Å². The number of nitrogens with one attached hydrogen (secondary N) is 1. The summed E-state index contributed by atoms with van der Waals surface area (Å²) in [5, 5.41) is 7.61. The molecule has 0 aromatic carbocycles. The first kappa shape index (κ1) is 15.5. The van der Waals surface area contributed by atoms with Gasteiger partial charge in [0.2, 0.25) is 0 Å². The van der Waals surface area contributed by atoms with Crippen LogP contribution in [0.1, 0.15) is 11.3 Å². The minimum absolute atomic E-state index is 0.263. The van der Waals surface area contributed by atoms with E-state index in [0.29, 0.717) is 30.2 Å². The normalized spacial score (nSPS) is 11.5. The van der Waals surface area contributed by atoms with Crippen LogP contribution in [-0.2, 0) is 0 Å². The Labute approximate surface area is 143 Å². The third kappa shape index (κ3) is 2.70. The Balaban J connectivity index is 1.83. The first-order valence-electron chi connectivity index (χ1n) is 8.01. The molecule has 0 aliphatic rings. The van der Waals surface area contributed by atoms with Crippen LogP contribution in [0.2, 0.25) is 0 Å². The van der Waals surface area contributed by atoms with Crippen LogP contribution in [0.25, 0.3) is 22.6 Å². The number of fused-ring (bicyclic) bond motifs is 2. The van der Waals surface area contributed by atoms with Gasteiger partial charge in [0, 0.05) is 24.8 Å². The SMILES string of the molecule is Cc1cn2nc(-c3cc(F)c4nc(NCCN)cn4c3)cc(C)c2n1. The summed E-state index contributed by atoms with van der Waals surface area (Å²) >= 11 is 0. The second-order valence-corrected chi connectivity index (χ2v) is 6.01. The molecule has 0 saturated heterocycles. The standard InChI is InChI=1S/C17H18FN7/c1-10-5-14(23-25-7-11(2)21-16(10)25)12-6-13(18)17-22-15(20-4-3-19)9-24(17)8-12/h5-9,20H,3-4,19H2,1-2H3. The number of hydrogen-bond donors (Lipinski definition) is 2. The average molecular weight is 339 g/mol. The highest BCUT2D eigenvalue weighted by Gasteiger charge is 2.12. The minimum atomic E-state index is -0.403. The molecule has 0 atom stereocenters. The maximum atomic E-state index is 14.5. The van der Waals surface area contributed by atoms with E-state index in [1.807, 2.05) is 32.3 Å². The summed E-state index contributed by atoms with van der Waals surface area (Å²) in [5.74, 6) is 0.186. The predicted octanol–water partition coefficient (Wildman–Crippen LogP) is 2.17. The van der Waals surface area contributed by atoms with E-state index in [-0.39, 0.29) is 5.65 Å².